The quantitative estimate of drug-likeness (QED) is 0.702. The number of nitrogens with zero attached hydrogens (tertiary/aromatic N) is 4. The zero-order valence-electron chi connectivity index (χ0n) is 16.6. The second-order valence-corrected chi connectivity index (χ2v) is 8.04. The molecule has 30 heavy (non-hydrogen) atoms. The van der Waals surface area contributed by atoms with Crippen LogP contribution in [0, 0.1) is 17.2 Å². The van der Waals surface area contributed by atoms with E-state index in [1.54, 1.807) is 6.33 Å². The van der Waals surface area contributed by atoms with Crippen molar-refractivity contribution in [1.29, 1.82) is 5.26 Å². The van der Waals surface area contributed by atoms with Crippen LogP contribution in [0.2, 0.25) is 0 Å². The fraction of sp³-hybridized carbons (Fsp3) is 0.292. The number of aliphatic hydroxyl groups excluding tert-OH is 1. The summed E-state index contributed by atoms with van der Waals surface area (Å²) in [5.41, 5.74) is 6.35. The standard InChI is InChI=1S/C24H23N5O/c25-10-16-1-3-18(4-2-16)19-5-6-22-21(9-19)24-20(23(14-30)28-22)7-8-29(24)13-17-11-26-15-27-12-17/h1-6,9,11-12,15,20,23-24,28,30H,7-8,13-14H2/t20-,23+,24-/m1/s1. The summed E-state index contributed by atoms with van der Waals surface area (Å²) in [6, 6.07) is 16.7. The number of hydrogen-bond acceptors (Lipinski definition) is 6. The Morgan fingerprint density at radius 2 is 1.87 bits per heavy atom. The molecule has 0 radical (unpaired) electrons. The molecule has 1 aromatic heterocycles. The third-order valence-corrected chi connectivity index (χ3v) is 6.32. The van der Waals surface area contributed by atoms with E-state index in [2.05, 4.69) is 44.5 Å². The molecule has 0 saturated carbocycles. The monoisotopic (exact) mass is 397 g/mol. The number of benzene rings is 2. The highest BCUT2D eigenvalue weighted by molar-refractivity contribution is 5.70. The van der Waals surface area contributed by atoms with Crippen LogP contribution in [0.5, 0.6) is 0 Å². The Labute approximate surface area is 175 Å². The van der Waals surface area contributed by atoms with Crippen molar-refractivity contribution in [3.63, 3.8) is 0 Å². The van der Waals surface area contributed by atoms with Gasteiger partial charge in [-0.3, -0.25) is 4.90 Å². The second-order valence-electron chi connectivity index (χ2n) is 8.04. The Morgan fingerprint density at radius 1 is 1.10 bits per heavy atom. The van der Waals surface area contributed by atoms with E-state index < -0.39 is 0 Å². The van der Waals surface area contributed by atoms with Gasteiger partial charge in [0.2, 0.25) is 0 Å². The van der Waals surface area contributed by atoms with Crippen LogP contribution in [0.1, 0.15) is 29.2 Å². The summed E-state index contributed by atoms with van der Waals surface area (Å²) in [6.45, 7) is 1.89. The molecular formula is C24H23N5O. The number of hydrogen-bond donors (Lipinski definition) is 2. The predicted octanol–water partition coefficient (Wildman–Crippen LogP) is 3.36. The highest BCUT2D eigenvalue weighted by atomic mass is 16.3. The number of rotatable bonds is 4. The van der Waals surface area contributed by atoms with Crippen molar-refractivity contribution in [3.05, 3.63) is 77.9 Å². The molecule has 3 aromatic rings. The minimum atomic E-state index is 0.0558. The SMILES string of the molecule is N#Cc1ccc(-c2ccc3c(c2)[C@H]2[C@H](CCN2Cc2cncnc2)[C@H](CO)N3)cc1. The van der Waals surface area contributed by atoms with E-state index in [4.69, 9.17) is 5.26 Å². The normalized spacial score (nSPS) is 22.6. The molecule has 3 atom stereocenters. The summed E-state index contributed by atoms with van der Waals surface area (Å²) in [7, 11) is 0. The van der Waals surface area contributed by atoms with Gasteiger partial charge in [-0.2, -0.15) is 5.26 Å². The maximum absolute atomic E-state index is 9.99. The van der Waals surface area contributed by atoms with Gasteiger partial charge in [0.1, 0.15) is 6.33 Å². The average molecular weight is 397 g/mol. The summed E-state index contributed by atoms with van der Waals surface area (Å²) < 4.78 is 0. The zero-order valence-corrected chi connectivity index (χ0v) is 16.6. The van der Waals surface area contributed by atoms with E-state index >= 15 is 0 Å². The van der Waals surface area contributed by atoms with Crippen LogP contribution in [0.25, 0.3) is 11.1 Å². The predicted molar refractivity (Wildman–Crippen MR) is 114 cm³/mol. The van der Waals surface area contributed by atoms with Gasteiger partial charge in [0.25, 0.3) is 0 Å². The van der Waals surface area contributed by atoms with Gasteiger partial charge in [-0.25, -0.2) is 9.97 Å². The zero-order chi connectivity index (χ0) is 20.5. The number of anilines is 1. The summed E-state index contributed by atoms with van der Waals surface area (Å²) in [6.07, 6.45) is 6.34. The molecular weight excluding hydrogens is 374 g/mol. The molecule has 1 fully saturated rings. The Kier molecular flexibility index (Phi) is 4.91. The lowest BCUT2D eigenvalue weighted by Gasteiger charge is -2.39. The maximum atomic E-state index is 9.99. The second kappa shape index (κ2) is 7.86. The van der Waals surface area contributed by atoms with E-state index in [0.29, 0.717) is 11.5 Å². The first-order valence-corrected chi connectivity index (χ1v) is 10.3. The molecule has 150 valence electrons. The average Bonchev–Trinajstić information content (AvgIpc) is 3.23. The summed E-state index contributed by atoms with van der Waals surface area (Å²) in [4.78, 5) is 10.8. The molecule has 5 rings (SSSR count). The summed E-state index contributed by atoms with van der Waals surface area (Å²) in [5.74, 6) is 0.350. The lowest BCUT2D eigenvalue weighted by molar-refractivity contribution is 0.172. The lowest BCUT2D eigenvalue weighted by atomic mass is 9.82. The van der Waals surface area contributed by atoms with Crippen LogP contribution in [-0.4, -0.2) is 39.2 Å². The fourth-order valence-electron chi connectivity index (χ4n) is 4.90. The Balaban J connectivity index is 1.52. The van der Waals surface area contributed by atoms with Gasteiger partial charge >= 0.3 is 0 Å². The molecule has 2 aliphatic rings. The van der Waals surface area contributed by atoms with Crippen molar-refractivity contribution in [3.8, 4) is 17.2 Å². The van der Waals surface area contributed by atoms with E-state index in [1.807, 2.05) is 36.7 Å². The molecule has 2 aliphatic heterocycles. The summed E-state index contributed by atoms with van der Waals surface area (Å²) >= 11 is 0. The molecule has 6 nitrogen and oxygen atoms in total. The van der Waals surface area contributed by atoms with Gasteiger partial charge in [-0.1, -0.05) is 18.2 Å². The maximum Gasteiger partial charge on any atom is 0.115 e. The van der Waals surface area contributed by atoms with Gasteiger partial charge < -0.3 is 10.4 Å². The Morgan fingerprint density at radius 3 is 2.60 bits per heavy atom. The smallest absolute Gasteiger partial charge is 0.115 e. The van der Waals surface area contributed by atoms with Crippen LogP contribution in [0.4, 0.5) is 5.69 Å². The summed E-state index contributed by atoms with van der Waals surface area (Å²) in [5, 5.41) is 22.6. The molecule has 0 spiro atoms. The van der Waals surface area contributed by atoms with Gasteiger partial charge in [-0.15, -0.1) is 0 Å². The first kappa shape index (κ1) is 18.7. The molecule has 1 saturated heterocycles. The van der Waals surface area contributed by atoms with Crippen molar-refractivity contribution in [2.45, 2.75) is 25.0 Å². The molecule has 0 bridgehead atoms. The van der Waals surface area contributed by atoms with Crippen molar-refractivity contribution in [2.24, 2.45) is 5.92 Å². The first-order chi connectivity index (χ1) is 14.8. The molecule has 0 amide bonds. The third kappa shape index (κ3) is 3.32. The largest absolute Gasteiger partial charge is 0.394 e. The molecule has 2 N–H and O–H groups in total. The highest BCUT2D eigenvalue weighted by Crippen LogP contribution is 2.47. The van der Waals surface area contributed by atoms with Crippen molar-refractivity contribution in [2.75, 3.05) is 18.5 Å². The van der Waals surface area contributed by atoms with E-state index in [-0.39, 0.29) is 18.7 Å². The minimum Gasteiger partial charge on any atom is -0.394 e. The molecule has 6 heteroatoms. The van der Waals surface area contributed by atoms with E-state index in [1.165, 1.54) is 5.56 Å². The Hall–Kier alpha value is -3.27. The van der Waals surface area contributed by atoms with Crippen LogP contribution >= 0.6 is 0 Å². The van der Waals surface area contributed by atoms with Gasteiger partial charge in [0.15, 0.2) is 0 Å². The van der Waals surface area contributed by atoms with Gasteiger partial charge in [0.05, 0.1) is 24.3 Å². The van der Waals surface area contributed by atoms with E-state index in [9.17, 15) is 5.11 Å². The number of aromatic nitrogens is 2. The van der Waals surface area contributed by atoms with E-state index in [0.717, 1.165) is 41.9 Å². The number of likely N-dealkylation sites (tertiary alicyclic amines) is 1. The molecule has 2 aromatic carbocycles. The highest BCUT2D eigenvalue weighted by Gasteiger charge is 2.43. The van der Waals surface area contributed by atoms with Crippen LogP contribution < -0.4 is 5.32 Å². The van der Waals surface area contributed by atoms with Gasteiger partial charge in [0, 0.05) is 42.1 Å². The number of nitrogens with one attached hydrogen (secondary N) is 1. The van der Waals surface area contributed by atoms with Crippen LogP contribution in [0.3, 0.4) is 0 Å². The van der Waals surface area contributed by atoms with Crippen molar-refractivity contribution >= 4 is 5.69 Å². The lowest BCUT2D eigenvalue weighted by Crippen LogP contribution is -2.41. The first-order valence-electron chi connectivity index (χ1n) is 10.3. The third-order valence-electron chi connectivity index (χ3n) is 6.32. The minimum absolute atomic E-state index is 0.0558. The topological polar surface area (TPSA) is 85.1 Å². The number of aliphatic hydroxyl groups is 1. The molecule has 0 unspecified atom stereocenters. The Bertz CT molecular complexity index is 1080. The van der Waals surface area contributed by atoms with Crippen molar-refractivity contribution < 1.29 is 5.11 Å². The number of fused-ring (bicyclic) bond motifs is 3. The van der Waals surface area contributed by atoms with Crippen LogP contribution in [-0.2, 0) is 6.54 Å². The fourth-order valence-corrected chi connectivity index (χ4v) is 4.90. The van der Waals surface area contributed by atoms with Crippen LogP contribution in [0.15, 0.2) is 61.2 Å². The molecule has 3 heterocycles. The van der Waals surface area contributed by atoms with Crippen molar-refractivity contribution in [1.82, 2.24) is 14.9 Å². The number of nitriles is 1. The molecule has 0 aliphatic carbocycles. The van der Waals surface area contributed by atoms with Gasteiger partial charge in [-0.05, 0) is 53.9 Å².